The number of aryl methyl sites for hydroxylation is 1. The summed E-state index contributed by atoms with van der Waals surface area (Å²) in [6.07, 6.45) is -0.889. The molecule has 0 aromatic carbocycles. The van der Waals surface area contributed by atoms with E-state index in [4.69, 9.17) is 5.26 Å². The Balaban J connectivity index is 1.59. The summed E-state index contributed by atoms with van der Waals surface area (Å²) in [6.45, 7) is 0.728. The van der Waals surface area contributed by atoms with Crippen molar-refractivity contribution < 1.29 is 18.0 Å². The first kappa shape index (κ1) is 16.1. The lowest BCUT2D eigenvalue weighted by atomic mass is 9.99. The normalized spacial score (nSPS) is 17.2. The number of H-pyrrole nitrogens is 1. The van der Waals surface area contributed by atoms with Crippen molar-refractivity contribution in [3.05, 3.63) is 41.2 Å². The van der Waals surface area contributed by atoms with Gasteiger partial charge >= 0.3 is 6.18 Å². The van der Waals surface area contributed by atoms with Crippen molar-refractivity contribution in [1.82, 2.24) is 19.9 Å². The molecule has 0 aliphatic carbocycles. The van der Waals surface area contributed by atoms with Crippen LogP contribution in [0.25, 0.3) is 0 Å². The van der Waals surface area contributed by atoms with E-state index >= 15 is 0 Å². The van der Waals surface area contributed by atoms with Gasteiger partial charge in [0.1, 0.15) is 17.6 Å². The molecule has 126 valence electrons. The molecule has 0 fully saturated rings. The number of imidazole rings is 1. The summed E-state index contributed by atoms with van der Waals surface area (Å²) in [5, 5.41) is 11.5. The highest BCUT2D eigenvalue weighted by atomic mass is 19.4. The van der Waals surface area contributed by atoms with Gasteiger partial charge in [0.15, 0.2) is 5.69 Å². The quantitative estimate of drug-likeness (QED) is 0.899. The van der Waals surface area contributed by atoms with Crippen LogP contribution >= 0.6 is 0 Å². The number of carbonyl (C=O) groups excluding carboxylic acids is 1. The van der Waals surface area contributed by atoms with Crippen molar-refractivity contribution in [3.63, 3.8) is 0 Å². The Kier molecular flexibility index (Phi) is 4.05. The Morgan fingerprint density at radius 3 is 3.00 bits per heavy atom. The van der Waals surface area contributed by atoms with Crippen LogP contribution in [-0.4, -0.2) is 27.0 Å². The molecule has 9 heteroatoms. The third-order valence-corrected chi connectivity index (χ3v) is 3.99. The number of fused-ring (bicyclic) bond motifs is 1. The summed E-state index contributed by atoms with van der Waals surface area (Å²) >= 11 is 0. The number of amides is 1. The monoisotopic (exact) mass is 337 g/mol. The van der Waals surface area contributed by atoms with Gasteiger partial charge in [0.2, 0.25) is 0 Å². The molecule has 3 heterocycles. The Hall–Kier alpha value is -2.76. The van der Waals surface area contributed by atoms with E-state index in [1.165, 1.54) is 16.8 Å². The molecule has 0 unspecified atom stereocenters. The van der Waals surface area contributed by atoms with Crippen LogP contribution in [0.4, 0.5) is 13.2 Å². The van der Waals surface area contributed by atoms with Gasteiger partial charge in [-0.05, 0) is 18.4 Å². The van der Waals surface area contributed by atoms with Gasteiger partial charge in [-0.25, -0.2) is 4.98 Å². The van der Waals surface area contributed by atoms with E-state index in [1.54, 1.807) is 0 Å². The van der Waals surface area contributed by atoms with E-state index in [1.807, 2.05) is 6.07 Å². The maximum atomic E-state index is 12.7. The Morgan fingerprint density at radius 1 is 1.54 bits per heavy atom. The van der Waals surface area contributed by atoms with Gasteiger partial charge in [0.25, 0.3) is 5.91 Å². The molecule has 1 aliphatic rings. The van der Waals surface area contributed by atoms with Crippen LogP contribution in [-0.2, 0) is 19.1 Å². The van der Waals surface area contributed by atoms with Crippen LogP contribution < -0.4 is 5.32 Å². The number of nitrogens with one attached hydrogen (secondary N) is 2. The fourth-order valence-corrected chi connectivity index (χ4v) is 2.74. The molecule has 1 atom stereocenters. The first-order valence-electron chi connectivity index (χ1n) is 7.37. The first-order chi connectivity index (χ1) is 11.4. The average Bonchev–Trinajstić information content (AvgIpc) is 3.18. The molecule has 0 saturated heterocycles. The second-order valence-corrected chi connectivity index (χ2v) is 5.72. The highest BCUT2D eigenvalue weighted by molar-refractivity contribution is 5.92. The maximum absolute atomic E-state index is 12.7. The van der Waals surface area contributed by atoms with Crippen LogP contribution in [0.3, 0.4) is 0 Å². The number of alkyl halides is 3. The van der Waals surface area contributed by atoms with Gasteiger partial charge < -0.3 is 14.9 Å². The number of halogens is 3. The number of nitriles is 1. The smallest absolute Gasteiger partial charge is 0.356 e. The molecule has 0 spiro atoms. The summed E-state index contributed by atoms with van der Waals surface area (Å²) in [5.74, 6) is 0.110. The lowest BCUT2D eigenvalue weighted by molar-refractivity contribution is -0.141. The van der Waals surface area contributed by atoms with Crippen LogP contribution in [0.15, 0.2) is 18.5 Å². The number of hydrogen-bond donors (Lipinski definition) is 2. The second kappa shape index (κ2) is 6.03. The lowest BCUT2D eigenvalue weighted by Gasteiger charge is -2.23. The minimum Gasteiger partial charge on any atom is -0.356 e. The predicted octanol–water partition coefficient (Wildman–Crippen LogP) is 2.09. The topological polar surface area (TPSA) is 86.5 Å². The number of hydrogen-bond acceptors (Lipinski definition) is 3. The van der Waals surface area contributed by atoms with Crippen molar-refractivity contribution >= 4 is 5.91 Å². The highest BCUT2D eigenvalue weighted by Gasteiger charge is 2.35. The van der Waals surface area contributed by atoms with Gasteiger partial charge in [-0.1, -0.05) is 0 Å². The zero-order valence-electron chi connectivity index (χ0n) is 12.5. The van der Waals surface area contributed by atoms with E-state index in [0.717, 1.165) is 6.20 Å². The van der Waals surface area contributed by atoms with Crippen molar-refractivity contribution in [2.45, 2.75) is 25.6 Å². The molecule has 1 amide bonds. The van der Waals surface area contributed by atoms with Gasteiger partial charge in [-0.15, -0.1) is 0 Å². The van der Waals surface area contributed by atoms with Gasteiger partial charge in [0.05, 0.1) is 5.56 Å². The molecule has 0 radical (unpaired) electrons. The van der Waals surface area contributed by atoms with Gasteiger partial charge in [-0.2, -0.15) is 18.4 Å². The van der Waals surface area contributed by atoms with Gasteiger partial charge in [-0.3, -0.25) is 4.79 Å². The molecule has 2 aromatic rings. The molecule has 2 N–H and O–H groups in total. The van der Waals surface area contributed by atoms with Gasteiger partial charge in [0, 0.05) is 31.9 Å². The summed E-state index contributed by atoms with van der Waals surface area (Å²) in [4.78, 5) is 18.3. The lowest BCUT2D eigenvalue weighted by Crippen LogP contribution is -2.33. The number of aromatic amines is 1. The Bertz CT molecular complexity index is 799. The fourth-order valence-electron chi connectivity index (χ4n) is 2.74. The molecular weight excluding hydrogens is 323 g/mol. The minimum atomic E-state index is -4.44. The summed E-state index contributed by atoms with van der Waals surface area (Å²) in [6, 6.07) is 3.36. The molecule has 2 aromatic heterocycles. The molecular formula is C15H14F3N5O. The van der Waals surface area contributed by atoms with E-state index in [-0.39, 0.29) is 17.5 Å². The van der Waals surface area contributed by atoms with Crippen molar-refractivity contribution in [2.75, 3.05) is 6.54 Å². The maximum Gasteiger partial charge on any atom is 0.434 e. The summed E-state index contributed by atoms with van der Waals surface area (Å²) in [5.41, 5.74) is -0.233. The van der Waals surface area contributed by atoms with Crippen LogP contribution in [0.1, 0.15) is 34.0 Å². The van der Waals surface area contributed by atoms with E-state index in [9.17, 15) is 18.0 Å². The van der Waals surface area contributed by atoms with Crippen molar-refractivity contribution in [1.29, 1.82) is 5.26 Å². The first-order valence-corrected chi connectivity index (χ1v) is 7.37. The average molecular weight is 337 g/mol. The SMILES string of the molecule is N#Cc1c[nH]c(C(=O)NC[C@H]2CCc3nc(C(F)(F)F)cn3C2)c1. The molecule has 24 heavy (non-hydrogen) atoms. The van der Waals surface area contributed by atoms with Crippen molar-refractivity contribution in [2.24, 2.45) is 5.92 Å². The molecule has 0 bridgehead atoms. The molecule has 0 saturated carbocycles. The zero-order chi connectivity index (χ0) is 17.3. The largest absolute Gasteiger partial charge is 0.434 e. The number of nitrogens with zero attached hydrogens (tertiary/aromatic N) is 3. The summed E-state index contributed by atoms with van der Waals surface area (Å²) < 4.78 is 39.6. The van der Waals surface area contributed by atoms with E-state index in [2.05, 4.69) is 15.3 Å². The Morgan fingerprint density at radius 2 is 2.33 bits per heavy atom. The predicted molar refractivity (Wildman–Crippen MR) is 76.9 cm³/mol. The number of aromatic nitrogens is 3. The minimum absolute atomic E-state index is 0.0298. The third kappa shape index (κ3) is 3.27. The number of rotatable bonds is 3. The molecule has 6 nitrogen and oxygen atoms in total. The van der Waals surface area contributed by atoms with Crippen LogP contribution in [0.5, 0.6) is 0 Å². The van der Waals surface area contributed by atoms with Crippen LogP contribution in [0, 0.1) is 17.2 Å². The number of carbonyl (C=O) groups is 1. The van der Waals surface area contributed by atoms with Crippen LogP contribution in [0.2, 0.25) is 0 Å². The Labute approximate surface area is 135 Å². The molecule has 3 rings (SSSR count). The second-order valence-electron chi connectivity index (χ2n) is 5.72. The summed E-state index contributed by atoms with van der Waals surface area (Å²) in [7, 11) is 0. The zero-order valence-corrected chi connectivity index (χ0v) is 12.5. The van der Waals surface area contributed by atoms with Crippen molar-refractivity contribution in [3.8, 4) is 6.07 Å². The van der Waals surface area contributed by atoms with E-state index in [0.29, 0.717) is 37.3 Å². The molecule has 1 aliphatic heterocycles. The third-order valence-electron chi connectivity index (χ3n) is 3.99. The standard InChI is InChI=1S/C15H14F3N5O/c16-15(17,18)12-8-23-7-9(1-2-13(23)22-12)5-21-14(24)11-3-10(4-19)6-20-11/h3,6,8-9,20H,1-2,5,7H2,(H,21,24)/t9-/m1/s1. The van der Waals surface area contributed by atoms with E-state index < -0.39 is 11.9 Å². The fraction of sp³-hybridized carbons (Fsp3) is 0.400. The highest BCUT2D eigenvalue weighted by Crippen LogP contribution is 2.30.